The van der Waals surface area contributed by atoms with Crippen LogP contribution in [-0.4, -0.2) is 48.1 Å². The number of rotatable bonds is 11. The molecule has 5 nitrogen and oxygen atoms in total. The van der Waals surface area contributed by atoms with Crippen LogP contribution < -0.4 is 0 Å². The summed E-state index contributed by atoms with van der Waals surface area (Å²) in [5, 5.41) is 0. The number of halogens is 1. The Kier molecular flexibility index (Phi) is 8.50. The van der Waals surface area contributed by atoms with Gasteiger partial charge in [-0.05, 0) is 61.6 Å². The van der Waals surface area contributed by atoms with E-state index in [4.69, 9.17) is 9.15 Å². The molecule has 1 amide bonds. The highest BCUT2D eigenvalue weighted by Gasteiger charge is 2.24. The molecular formula is C28H33FN2O3. The fourth-order valence-electron chi connectivity index (χ4n) is 4.36. The maximum atomic E-state index is 13.5. The Morgan fingerprint density at radius 1 is 1.00 bits per heavy atom. The summed E-state index contributed by atoms with van der Waals surface area (Å²) in [6.45, 7) is 5.23. The molecule has 1 atom stereocenters. The van der Waals surface area contributed by atoms with Crippen molar-refractivity contribution in [1.29, 1.82) is 0 Å². The summed E-state index contributed by atoms with van der Waals surface area (Å²) in [5.41, 5.74) is 2.17. The summed E-state index contributed by atoms with van der Waals surface area (Å²) in [6, 6.07) is 20.5. The first-order chi connectivity index (χ1) is 16.5. The van der Waals surface area contributed by atoms with Crippen LogP contribution in [0.1, 0.15) is 35.5 Å². The molecule has 3 aromatic rings. The van der Waals surface area contributed by atoms with Crippen LogP contribution in [0, 0.1) is 12.7 Å². The zero-order valence-corrected chi connectivity index (χ0v) is 19.8. The van der Waals surface area contributed by atoms with E-state index < -0.39 is 0 Å². The van der Waals surface area contributed by atoms with Crippen molar-refractivity contribution in [3.05, 3.63) is 95.2 Å². The van der Waals surface area contributed by atoms with Crippen LogP contribution in [0.15, 0.2) is 71.1 Å². The molecule has 1 saturated heterocycles. The highest BCUT2D eigenvalue weighted by atomic mass is 19.1. The molecule has 0 radical (unpaired) electrons. The van der Waals surface area contributed by atoms with Crippen LogP contribution in [0.2, 0.25) is 0 Å². The molecule has 1 aliphatic rings. The van der Waals surface area contributed by atoms with E-state index in [2.05, 4.69) is 17.0 Å². The molecule has 2 aromatic carbocycles. The number of benzene rings is 2. The van der Waals surface area contributed by atoms with Gasteiger partial charge in [-0.1, -0.05) is 42.5 Å². The largest absolute Gasteiger partial charge is 0.464 e. The second-order valence-electron chi connectivity index (χ2n) is 8.99. The number of nitrogens with zero attached hydrogens (tertiary/aromatic N) is 2. The molecule has 1 aliphatic heterocycles. The third-order valence-electron chi connectivity index (χ3n) is 6.17. The average Bonchev–Trinajstić information content (AvgIpc) is 3.50. The highest BCUT2D eigenvalue weighted by molar-refractivity contribution is 5.78. The van der Waals surface area contributed by atoms with Crippen molar-refractivity contribution in [3.8, 4) is 0 Å². The number of carbonyl (C=O) groups excluding carboxylic acids is 1. The van der Waals surface area contributed by atoms with Gasteiger partial charge in [0, 0.05) is 26.2 Å². The van der Waals surface area contributed by atoms with Crippen molar-refractivity contribution < 1.29 is 18.3 Å². The van der Waals surface area contributed by atoms with Gasteiger partial charge in [-0.2, -0.15) is 0 Å². The van der Waals surface area contributed by atoms with Crippen molar-refractivity contribution in [2.75, 3.05) is 26.2 Å². The van der Waals surface area contributed by atoms with Gasteiger partial charge >= 0.3 is 0 Å². The molecule has 6 heteroatoms. The Hall–Kier alpha value is -2.96. The van der Waals surface area contributed by atoms with E-state index in [0.29, 0.717) is 26.2 Å². The smallest absolute Gasteiger partial charge is 0.237 e. The van der Waals surface area contributed by atoms with Crippen LogP contribution in [0.3, 0.4) is 0 Å². The number of hydrogen-bond acceptors (Lipinski definition) is 4. The van der Waals surface area contributed by atoms with Crippen LogP contribution in [0.4, 0.5) is 4.39 Å². The summed E-state index contributed by atoms with van der Waals surface area (Å²) < 4.78 is 25.0. The number of hydrogen-bond donors (Lipinski definition) is 0. The molecule has 2 heterocycles. The summed E-state index contributed by atoms with van der Waals surface area (Å²) in [6.07, 6.45) is 2.94. The van der Waals surface area contributed by atoms with Gasteiger partial charge in [-0.3, -0.25) is 9.69 Å². The van der Waals surface area contributed by atoms with E-state index in [1.807, 2.05) is 42.2 Å². The Bertz CT molecular complexity index is 1030. The summed E-state index contributed by atoms with van der Waals surface area (Å²) in [5.74, 6) is 1.40. The second-order valence-corrected chi connectivity index (χ2v) is 8.99. The zero-order valence-electron chi connectivity index (χ0n) is 19.8. The fraction of sp³-hybridized carbons (Fsp3) is 0.393. The number of amides is 1. The Morgan fingerprint density at radius 2 is 1.79 bits per heavy atom. The third-order valence-corrected chi connectivity index (χ3v) is 6.17. The molecule has 34 heavy (non-hydrogen) atoms. The molecule has 1 unspecified atom stereocenters. The van der Waals surface area contributed by atoms with Gasteiger partial charge in [0.1, 0.15) is 17.3 Å². The maximum absolute atomic E-state index is 13.5. The van der Waals surface area contributed by atoms with Crippen molar-refractivity contribution in [3.63, 3.8) is 0 Å². The van der Waals surface area contributed by atoms with Gasteiger partial charge in [0.25, 0.3) is 0 Å². The van der Waals surface area contributed by atoms with Crippen molar-refractivity contribution in [2.24, 2.45) is 0 Å². The second kappa shape index (κ2) is 12.0. The van der Waals surface area contributed by atoms with Gasteiger partial charge in [0.15, 0.2) is 0 Å². The van der Waals surface area contributed by atoms with Gasteiger partial charge in [-0.25, -0.2) is 4.39 Å². The van der Waals surface area contributed by atoms with Crippen LogP contribution in [-0.2, 0) is 29.0 Å². The third kappa shape index (κ3) is 7.27. The molecule has 0 bridgehead atoms. The summed E-state index contributed by atoms with van der Waals surface area (Å²) >= 11 is 0. The topological polar surface area (TPSA) is 45.9 Å². The van der Waals surface area contributed by atoms with E-state index in [-0.39, 0.29) is 24.4 Å². The zero-order chi connectivity index (χ0) is 23.8. The molecule has 180 valence electrons. The minimum atomic E-state index is -0.258. The normalized spacial score (nSPS) is 15.7. The number of ether oxygens (including phenoxy) is 1. The maximum Gasteiger partial charge on any atom is 0.237 e. The Labute approximate surface area is 201 Å². The SMILES string of the molecule is Cc1ccc(CN(CCc2ccccc2)C(=O)CN(Cc2ccc(F)cc2)CC2CCCO2)o1. The number of carbonyl (C=O) groups is 1. The van der Waals surface area contributed by atoms with E-state index >= 15 is 0 Å². The monoisotopic (exact) mass is 464 g/mol. The molecule has 4 rings (SSSR count). The van der Waals surface area contributed by atoms with E-state index in [1.54, 1.807) is 12.1 Å². The van der Waals surface area contributed by atoms with Crippen LogP contribution in [0.5, 0.6) is 0 Å². The molecule has 1 fully saturated rings. The van der Waals surface area contributed by atoms with E-state index in [0.717, 1.165) is 43.0 Å². The molecule has 0 N–H and O–H groups in total. The molecule has 1 aromatic heterocycles. The Balaban J connectivity index is 1.46. The average molecular weight is 465 g/mol. The van der Waals surface area contributed by atoms with Crippen LogP contribution >= 0.6 is 0 Å². The van der Waals surface area contributed by atoms with Crippen molar-refractivity contribution in [2.45, 2.75) is 45.4 Å². The van der Waals surface area contributed by atoms with Gasteiger partial charge < -0.3 is 14.1 Å². The van der Waals surface area contributed by atoms with Gasteiger partial charge in [-0.15, -0.1) is 0 Å². The predicted molar refractivity (Wildman–Crippen MR) is 130 cm³/mol. The first-order valence-corrected chi connectivity index (χ1v) is 12.0. The van der Waals surface area contributed by atoms with Gasteiger partial charge in [0.05, 0.1) is 19.2 Å². The summed E-state index contributed by atoms with van der Waals surface area (Å²) in [4.78, 5) is 17.5. The molecule has 0 spiro atoms. The first kappa shape index (κ1) is 24.2. The molecule has 0 saturated carbocycles. The van der Waals surface area contributed by atoms with E-state index in [1.165, 1.54) is 17.7 Å². The Morgan fingerprint density at radius 3 is 2.47 bits per heavy atom. The quantitative estimate of drug-likeness (QED) is 0.402. The van der Waals surface area contributed by atoms with E-state index in [9.17, 15) is 9.18 Å². The number of aryl methyl sites for hydroxylation is 1. The fourth-order valence-corrected chi connectivity index (χ4v) is 4.36. The lowest BCUT2D eigenvalue weighted by Crippen LogP contribution is -2.43. The lowest BCUT2D eigenvalue weighted by molar-refractivity contribution is -0.133. The lowest BCUT2D eigenvalue weighted by atomic mass is 10.1. The van der Waals surface area contributed by atoms with Crippen molar-refractivity contribution >= 4 is 5.91 Å². The number of furan rings is 1. The minimum Gasteiger partial charge on any atom is -0.464 e. The predicted octanol–water partition coefficient (Wildman–Crippen LogP) is 4.98. The van der Waals surface area contributed by atoms with Crippen LogP contribution in [0.25, 0.3) is 0 Å². The molecular weight excluding hydrogens is 431 g/mol. The van der Waals surface area contributed by atoms with Crippen molar-refractivity contribution in [1.82, 2.24) is 9.80 Å². The molecule has 0 aliphatic carbocycles. The first-order valence-electron chi connectivity index (χ1n) is 12.0. The lowest BCUT2D eigenvalue weighted by Gasteiger charge is -2.29. The van der Waals surface area contributed by atoms with Gasteiger partial charge in [0.2, 0.25) is 5.91 Å². The highest BCUT2D eigenvalue weighted by Crippen LogP contribution is 2.17. The minimum absolute atomic E-state index is 0.0464. The summed E-state index contributed by atoms with van der Waals surface area (Å²) in [7, 11) is 0. The standard InChI is InChI=1S/C28H33FN2O3/c1-22-9-14-27(34-22)20-31(16-15-23-6-3-2-4-7-23)28(32)21-30(19-26-8-5-17-33-26)18-24-10-12-25(29)13-11-24/h2-4,6-7,9-14,26H,5,8,15-21H2,1H3.